The lowest BCUT2D eigenvalue weighted by molar-refractivity contribution is -0.143. The molecule has 1 nitrogen and oxygen atoms in total. The van der Waals surface area contributed by atoms with Crippen LogP contribution in [0.5, 0.6) is 0 Å². The van der Waals surface area contributed by atoms with Gasteiger partial charge in [-0.05, 0) is 18.2 Å². The summed E-state index contributed by atoms with van der Waals surface area (Å²) in [7, 11) is 0. The third-order valence-electron chi connectivity index (χ3n) is 1.78. The number of anilines is 1. The molecule has 0 amide bonds. The fourth-order valence-electron chi connectivity index (χ4n) is 1.09. The van der Waals surface area contributed by atoms with Crippen LogP contribution in [0.15, 0.2) is 18.2 Å². The van der Waals surface area contributed by atoms with Crippen molar-refractivity contribution in [2.45, 2.75) is 12.4 Å². The second-order valence-electron chi connectivity index (χ2n) is 3.02. The Balaban J connectivity index is 3.34. The Bertz CT molecular complexity index is 390. The van der Waals surface area contributed by atoms with Gasteiger partial charge in [0.15, 0.2) is 0 Å². The summed E-state index contributed by atoms with van der Waals surface area (Å²) in [6, 6.07) is 1.08. The molecule has 0 atom stereocenters. The van der Waals surface area contributed by atoms with Gasteiger partial charge in [0.1, 0.15) is 5.49 Å². The van der Waals surface area contributed by atoms with Crippen molar-refractivity contribution in [3.05, 3.63) is 29.3 Å². The molecule has 0 saturated carbocycles. The van der Waals surface area contributed by atoms with E-state index in [0.29, 0.717) is 12.1 Å². The van der Waals surface area contributed by atoms with Gasteiger partial charge >= 0.3 is 12.4 Å². The molecule has 0 fully saturated rings. The van der Waals surface area contributed by atoms with Crippen molar-refractivity contribution in [1.29, 1.82) is 0 Å². The van der Waals surface area contributed by atoms with Crippen molar-refractivity contribution in [2.24, 2.45) is 0 Å². The number of thiocarbonyl (C=S) groups is 1. The van der Waals surface area contributed by atoms with Crippen molar-refractivity contribution in [3.63, 3.8) is 0 Å². The van der Waals surface area contributed by atoms with Gasteiger partial charge in [-0.1, -0.05) is 12.2 Å². The van der Waals surface area contributed by atoms with Gasteiger partial charge in [-0.2, -0.15) is 26.3 Å². The molecule has 93 valence electrons. The minimum atomic E-state index is -4.86. The van der Waals surface area contributed by atoms with Gasteiger partial charge in [0, 0.05) is 5.69 Å². The van der Waals surface area contributed by atoms with E-state index < -0.39 is 29.2 Å². The molecule has 0 bridgehead atoms. The summed E-state index contributed by atoms with van der Waals surface area (Å²) >= 11 is 4.18. The molecule has 8 heteroatoms. The third kappa shape index (κ3) is 3.58. The van der Waals surface area contributed by atoms with Crippen molar-refractivity contribution in [1.82, 2.24) is 0 Å². The van der Waals surface area contributed by atoms with Crippen LogP contribution in [-0.4, -0.2) is 5.49 Å². The van der Waals surface area contributed by atoms with E-state index in [1.807, 2.05) is 10.8 Å². The van der Waals surface area contributed by atoms with E-state index in [1.54, 1.807) is 0 Å². The molecule has 0 saturated heterocycles. The third-order valence-corrected chi connectivity index (χ3v) is 1.89. The predicted octanol–water partition coefficient (Wildman–Crippen LogP) is 3.97. The van der Waals surface area contributed by atoms with Gasteiger partial charge in [0.25, 0.3) is 0 Å². The zero-order chi connectivity index (χ0) is 13.3. The Morgan fingerprint density at radius 3 is 1.59 bits per heavy atom. The van der Waals surface area contributed by atoms with E-state index in [2.05, 4.69) is 12.2 Å². The largest absolute Gasteiger partial charge is 0.416 e. The molecule has 0 aliphatic carbocycles. The number of nitrogens with one attached hydrogen (secondary N) is 1. The van der Waals surface area contributed by atoms with Crippen molar-refractivity contribution in [2.75, 3.05) is 5.32 Å². The highest BCUT2D eigenvalue weighted by Crippen LogP contribution is 2.37. The molecule has 17 heavy (non-hydrogen) atoms. The molecule has 1 N–H and O–H groups in total. The lowest BCUT2D eigenvalue weighted by Gasteiger charge is -2.13. The summed E-state index contributed by atoms with van der Waals surface area (Å²) in [4.78, 5) is 0. The monoisotopic (exact) mass is 272 g/mol. The van der Waals surface area contributed by atoms with E-state index in [-0.39, 0.29) is 6.07 Å². The summed E-state index contributed by atoms with van der Waals surface area (Å²) in [5.41, 5.74) is -1.38. The summed E-state index contributed by atoms with van der Waals surface area (Å²) < 4.78 is 74.0. The number of hydrogen-bond donors (Lipinski definition) is 1. The van der Waals surface area contributed by atoms with Crippen LogP contribution in [0.4, 0.5) is 32.0 Å². The highest BCUT2D eigenvalue weighted by Gasteiger charge is 2.36. The molecular weight excluding hydrogens is 268 g/mol. The molecule has 1 aromatic carbocycles. The molecule has 0 unspecified atom stereocenters. The Kier molecular flexibility index (Phi) is 3.65. The Morgan fingerprint density at radius 2 is 1.29 bits per heavy atom. The highest BCUT2D eigenvalue weighted by molar-refractivity contribution is 7.79. The van der Waals surface area contributed by atoms with E-state index in [9.17, 15) is 26.3 Å². The molecule has 0 aromatic heterocycles. The minimum absolute atomic E-state index is 0.0363. The highest BCUT2D eigenvalue weighted by atomic mass is 32.1. The van der Waals surface area contributed by atoms with E-state index >= 15 is 0 Å². The fraction of sp³-hybridized carbons (Fsp3) is 0.222. The molecule has 0 spiro atoms. The Hall–Kier alpha value is -1.31. The zero-order valence-corrected chi connectivity index (χ0v) is 8.72. The molecule has 1 rings (SSSR count). The molecule has 0 aliphatic rings. The van der Waals surface area contributed by atoms with Crippen LogP contribution in [0, 0.1) is 0 Å². The van der Waals surface area contributed by atoms with Crippen LogP contribution in [0.3, 0.4) is 0 Å². The lowest BCUT2D eigenvalue weighted by Crippen LogP contribution is -2.11. The summed E-state index contributed by atoms with van der Waals surface area (Å²) in [5.74, 6) is 0. The lowest BCUT2D eigenvalue weighted by atomic mass is 10.1. The van der Waals surface area contributed by atoms with Crippen LogP contribution in [-0.2, 0) is 12.4 Å². The maximum absolute atomic E-state index is 12.3. The first kappa shape index (κ1) is 13.8. The van der Waals surface area contributed by atoms with Crippen molar-refractivity contribution >= 4 is 23.4 Å². The number of halogens is 6. The predicted molar refractivity (Wildman–Crippen MR) is 52.7 cm³/mol. The van der Waals surface area contributed by atoms with E-state index in [4.69, 9.17) is 0 Å². The maximum atomic E-state index is 12.3. The van der Waals surface area contributed by atoms with Gasteiger partial charge in [-0.3, -0.25) is 0 Å². The van der Waals surface area contributed by atoms with E-state index in [0.717, 1.165) is 0 Å². The maximum Gasteiger partial charge on any atom is 0.416 e. The number of benzene rings is 1. The smallest absolute Gasteiger partial charge is 0.344 e. The SMILES string of the molecule is FC(F)(F)c1cc(N[C]=S)cc(C(F)(F)F)c1. The molecule has 1 radical (unpaired) electrons. The van der Waals surface area contributed by atoms with E-state index in [1.165, 1.54) is 0 Å². The topological polar surface area (TPSA) is 12.0 Å². The first-order valence-electron chi connectivity index (χ1n) is 4.07. The summed E-state index contributed by atoms with van der Waals surface area (Å²) in [5, 5.41) is 2.00. The second-order valence-corrected chi connectivity index (χ2v) is 3.23. The molecular formula is C9H4F6NS. The number of alkyl halides is 6. The van der Waals surface area contributed by atoms with Crippen LogP contribution in [0.2, 0.25) is 0 Å². The van der Waals surface area contributed by atoms with Gasteiger partial charge in [0.05, 0.1) is 11.1 Å². The quantitative estimate of drug-likeness (QED) is 0.496. The van der Waals surface area contributed by atoms with Crippen LogP contribution in [0.1, 0.15) is 11.1 Å². The first-order valence-corrected chi connectivity index (χ1v) is 4.48. The number of hydrogen-bond acceptors (Lipinski definition) is 1. The molecule has 1 aromatic rings. The fourth-order valence-corrected chi connectivity index (χ4v) is 1.20. The summed E-state index contributed by atoms with van der Waals surface area (Å²) in [6.07, 6.45) is -9.72. The minimum Gasteiger partial charge on any atom is -0.344 e. The van der Waals surface area contributed by atoms with Crippen LogP contribution >= 0.6 is 12.2 Å². The van der Waals surface area contributed by atoms with Gasteiger partial charge in [0.2, 0.25) is 0 Å². The normalized spacial score (nSPS) is 12.4. The molecule has 0 heterocycles. The van der Waals surface area contributed by atoms with Gasteiger partial charge in [-0.25, -0.2) is 0 Å². The Morgan fingerprint density at radius 1 is 0.882 bits per heavy atom. The zero-order valence-electron chi connectivity index (χ0n) is 7.91. The van der Waals surface area contributed by atoms with Crippen molar-refractivity contribution in [3.8, 4) is 0 Å². The Labute approximate surface area is 97.4 Å². The molecule has 0 aliphatic heterocycles. The van der Waals surface area contributed by atoms with Crippen LogP contribution in [0.25, 0.3) is 0 Å². The van der Waals surface area contributed by atoms with Crippen molar-refractivity contribution < 1.29 is 26.3 Å². The average molecular weight is 272 g/mol. The average Bonchev–Trinajstić information content (AvgIpc) is 2.15. The van der Waals surface area contributed by atoms with Crippen LogP contribution < -0.4 is 5.32 Å². The first-order chi connectivity index (χ1) is 7.64. The second kappa shape index (κ2) is 4.52. The van der Waals surface area contributed by atoms with Gasteiger partial charge in [-0.15, -0.1) is 0 Å². The van der Waals surface area contributed by atoms with Gasteiger partial charge < -0.3 is 5.32 Å². The number of rotatable bonds is 2. The standard InChI is InChI=1S/C9H4F6NS/c10-8(11,12)5-1-6(9(13,14)15)3-7(2-5)16-4-17/h1-3H,(H,16,17). The summed E-state index contributed by atoms with van der Waals surface area (Å²) in [6.45, 7) is 0.